The van der Waals surface area contributed by atoms with Crippen molar-refractivity contribution < 1.29 is 9.53 Å². The van der Waals surface area contributed by atoms with Crippen molar-refractivity contribution in [1.29, 1.82) is 0 Å². The Morgan fingerprint density at radius 3 is 2.94 bits per heavy atom. The number of carbonyl (C=O) groups excluding carboxylic acids is 1. The van der Waals surface area contributed by atoms with E-state index in [1.54, 1.807) is 0 Å². The van der Waals surface area contributed by atoms with Gasteiger partial charge in [0.1, 0.15) is 12.4 Å². The van der Waals surface area contributed by atoms with E-state index in [-0.39, 0.29) is 17.9 Å². The molecule has 2 atom stereocenters. The van der Waals surface area contributed by atoms with E-state index in [2.05, 4.69) is 5.32 Å². The lowest BCUT2D eigenvalue weighted by Crippen LogP contribution is -2.37. The summed E-state index contributed by atoms with van der Waals surface area (Å²) in [7, 11) is 0. The van der Waals surface area contributed by atoms with Gasteiger partial charge >= 0.3 is 0 Å². The maximum Gasteiger partial charge on any atom is 0.257 e. The van der Waals surface area contributed by atoms with E-state index in [4.69, 9.17) is 27.9 Å². The zero-order valence-electron chi connectivity index (χ0n) is 8.24. The molecule has 1 saturated heterocycles. The SMILES string of the molecule is O=C1NC2COc3ccccc3C2C1(Cl)Cl. The Kier molecular flexibility index (Phi) is 2.10. The summed E-state index contributed by atoms with van der Waals surface area (Å²) in [4.78, 5) is 11.6. The second-order valence-electron chi connectivity index (χ2n) is 4.03. The molecule has 0 saturated carbocycles. The summed E-state index contributed by atoms with van der Waals surface area (Å²) in [5.74, 6) is 0.172. The number of halogens is 2. The Bertz CT molecular complexity index is 461. The van der Waals surface area contributed by atoms with Crippen molar-refractivity contribution >= 4 is 29.1 Å². The van der Waals surface area contributed by atoms with Gasteiger partial charge in [0.15, 0.2) is 0 Å². The molecular formula is C11H9Cl2NO2. The van der Waals surface area contributed by atoms with Crippen LogP contribution in [0.1, 0.15) is 11.5 Å². The molecule has 1 N–H and O–H groups in total. The minimum atomic E-state index is -1.40. The first-order valence-electron chi connectivity index (χ1n) is 5.01. The summed E-state index contributed by atoms with van der Waals surface area (Å²) in [6.45, 7) is 0.411. The number of hydrogen-bond acceptors (Lipinski definition) is 2. The number of fused-ring (bicyclic) bond motifs is 3. The predicted molar refractivity (Wildman–Crippen MR) is 61.0 cm³/mol. The molecule has 3 nitrogen and oxygen atoms in total. The molecule has 2 heterocycles. The molecule has 1 aromatic rings. The standard InChI is InChI=1S/C11H9Cl2NO2/c12-11(13)9-6-3-1-2-4-8(6)16-5-7(9)14-10(11)15/h1-4,7,9H,5H2,(H,14,15). The monoisotopic (exact) mass is 257 g/mol. The smallest absolute Gasteiger partial charge is 0.257 e. The van der Waals surface area contributed by atoms with Crippen LogP contribution in [0.5, 0.6) is 5.75 Å². The van der Waals surface area contributed by atoms with Gasteiger partial charge in [-0.25, -0.2) is 0 Å². The van der Waals surface area contributed by atoms with Crippen molar-refractivity contribution in [3.8, 4) is 5.75 Å². The number of amides is 1. The Morgan fingerprint density at radius 2 is 2.12 bits per heavy atom. The topological polar surface area (TPSA) is 38.3 Å². The molecule has 5 heteroatoms. The fourth-order valence-electron chi connectivity index (χ4n) is 2.34. The van der Waals surface area contributed by atoms with Crippen LogP contribution >= 0.6 is 23.2 Å². The summed E-state index contributed by atoms with van der Waals surface area (Å²) in [5.41, 5.74) is 0.891. The Hall–Kier alpha value is -0.930. The third-order valence-corrected chi connectivity index (χ3v) is 3.90. The highest BCUT2D eigenvalue weighted by Crippen LogP contribution is 2.49. The second kappa shape index (κ2) is 3.28. The molecule has 0 aromatic heterocycles. The van der Waals surface area contributed by atoms with Crippen LogP contribution in [-0.2, 0) is 4.79 Å². The largest absolute Gasteiger partial charge is 0.491 e. The highest BCUT2D eigenvalue weighted by Gasteiger charge is 2.56. The van der Waals surface area contributed by atoms with Gasteiger partial charge in [-0.15, -0.1) is 0 Å². The summed E-state index contributed by atoms with van der Waals surface area (Å²) < 4.78 is 4.15. The molecule has 1 amide bonds. The van der Waals surface area contributed by atoms with Crippen LogP contribution in [0.15, 0.2) is 24.3 Å². The number of alkyl halides is 2. The van der Waals surface area contributed by atoms with Crippen molar-refractivity contribution in [2.24, 2.45) is 0 Å². The van der Waals surface area contributed by atoms with Gasteiger partial charge in [-0.05, 0) is 6.07 Å². The molecule has 0 spiro atoms. The van der Waals surface area contributed by atoms with Crippen molar-refractivity contribution in [3.05, 3.63) is 29.8 Å². The first-order chi connectivity index (χ1) is 7.60. The first-order valence-corrected chi connectivity index (χ1v) is 5.77. The van der Waals surface area contributed by atoms with Crippen molar-refractivity contribution in [2.45, 2.75) is 16.3 Å². The van der Waals surface area contributed by atoms with Crippen LogP contribution < -0.4 is 10.1 Å². The summed E-state index contributed by atoms with van der Waals surface area (Å²) in [5, 5.41) is 2.76. The zero-order valence-corrected chi connectivity index (χ0v) is 9.76. The highest BCUT2D eigenvalue weighted by molar-refractivity contribution is 6.59. The molecule has 0 aliphatic carbocycles. The third-order valence-electron chi connectivity index (χ3n) is 3.08. The summed E-state index contributed by atoms with van der Waals surface area (Å²) >= 11 is 12.2. The fraction of sp³-hybridized carbons (Fsp3) is 0.364. The van der Waals surface area contributed by atoms with E-state index in [0.717, 1.165) is 11.3 Å². The highest BCUT2D eigenvalue weighted by atomic mass is 35.5. The minimum Gasteiger partial charge on any atom is -0.491 e. The Labute approximate surface area is 103 Å². The van der Waals surface area contributed by atoms with Gasteiger partial charge in [-0.3, -0.25) is 4.79 Å². The molecule has 3 rings (SSSR count). The average molecular weight is 258 g/mol. The van der Waals surface area contributed by atoms with Crippen LogP contribution in [0.25, 0.3) is 0 Å². The molecular weight excluding hydrogens is 249 g/mol. The average Bonchev–Trinajstić information content (AvgIpc) is 2.50. The summed E-state index contributed by atoms with van der Waals surface area (Å²) in [6, 6.07) is 7.38. The van der Waals surface area contributed by atoms with E-state index in [1.165, 1.54) is 0 Å². The molecule has 84 valence electrons. The van der Waals surface area contributed by atoms with Gasteiger partial charge in [0, 0.05) is 5.56 Å². The molecule has 16 heavy (non-hydrogen) atoms. The van der Waals surface area contributed by atoms with Crippen molar-refractivity contribution in [3.63, 3.8) is 0 Å². The molecule has 0 bridgehead atoms. The number of nitrogens with one attached hydrogen (secondary N) is 1. The number of hydrogen-bond donors (Lipinski definition) is 1. The van der Waals surface area contributed by atoms with Gasteiger partial charge in [0.25, 0.3) is 5.91 Å². The van der Waals surface area contributed by atoms with E-state index in [0.29, 0.717) is 6.61 Å². The minimum absolute atomic E-state index is 0.141. The molecule has 2 unspecified atom stereocenters. The molecule has 0 radical (unpaired) electrons. The number of benzene rings is 1. The molecule has 1 fully saturated rings. The van der Waals surface area contributed by atoms with Gasteiger partial charge in [0.05, 0.1) is 12.0 Å². The van der Waals surface area contributed by atoms with Crippen LogP contribution in [0.2, 0.25) is 0 Å². The normalized spacial score (nSPS) is 30.0. The second-order valence-corrected chi connectivity index (χ2v) is 5.42. The van der Waals surface area contributed by atoms with Crippen LogP contribution in [0, 0.1) is 0 Å². The molecule has 2 aliphatic rings. The van der Waals surface area contributed by atoms with Gasteiger partial charge in [-0.1, -0.05) is 41.4 Å². The van der Waals surface area contributed by atoms with E-state index in [9.17, 15) is 4.79 Å². The lowest BCUT2D eigenvalue weighted by Gasteiger charge is -2.30. The van der Waals surface area contributed by atoms with Gasteiger partial charge < -0.3 is 10.1 Å². The van der Waals surface area contributed by atoms with Gasteiger partial charge in [-0.2, -0.15) is 0 Å². The van der Waals surface area contributed by atoms with Crippen LogP contribution in [0.4, 0.5) is 0 Å². The summed E-state index contributed by atoms with van der Waals surface area (Å²) in [6.07, 6.45) is 0. The maximum absolute atomic E-state index is 11.6. The lowest BCUT2D eigenvalue weighted by atomic mass is 9.89. The van der Waals surface area contributed by atoms with Gasteiger partial charge in [0.2, 0.25) is 4.33 Å². The van der Waals surface area contributed by atoms with E-state index in [1.807, 2.05) is 24.3 Å². The fourth-order valence-corrected chi connectivity index (χ4v) is 2.99. The lowest BCUT2D eigenvalue weighted by molar-refractivity contribution is -0.120. The Balaban J connectivity index is 2.14. The van der Waals surface area contributed by atoms with Crippen molar-refractivity contribution in [1.82, 2.24) is 5.32 Å². The third kappa shape index (κ3) is 1.25. The number of rotatable bonds is 0. The number of ether oxygens (including phenoxy) is 1. The molecule has 2 aliphatic heterocycles. The van der Waals surface area contributed by atoms with E-state index >= 15 is 0 Å². The zero-order chi connectivity index (χ0) is 11.3. The number of para-hydroxylation sites is 1. The quantitative estimate of drug-likeness (QED) is 0.721. The van der Waals surface area contributed by atoms with E-state index < -0.39 is 4.33 Å². The Morgan fingerprint density at radius 1 is 1.38 bits per heavy atom. The van der Waals surface area contributed by atoms with Crippen LogP contribution in [0.3, 0.4) is 0 Å². The predicted octanol–water partition coefficient (Wildman–Crippen LogP) is 1.83. The maximum atomic E-state index is 11.6. The number of carbonyl (C=O) groups is 1. The van der Waals surface area contributed by atoms with Crippen LogP contribution in [-0.4, -0.2) is 22.9 Å². The van der Waals surface area contributed by atoms with Crippen molar-refractivity contribution in [2.75, 3.05) is 6.61 Å². The first kappa shape index (κ1) is 10.2. The molecule has 1 aromatic carbocycles.